The van der Waals surface area contributed by atoms with Gasteiger partial charge in [0.1, 0.15) is 17.5 Å². The molecule has 2 rings (SSSR count). The van der Waals surface area contributed by atoms with E-state index in [0.29, 0.717) is 18.8 Å². The summed E-state index contributed by atoms with van der Waals surface area (Å²) in [6.07, 6.45) is 2.83. The minimum absolute atomic E-state index is 0.684. The Labute approximate surface area is 111 Å². The van der Waals surface area contributed by atoms with Crippen LogP contribution in [-0.2, 0) is 12.8 Å². The summed E-state index contributed by atoms with van der Waals surface area (Å²) in [6.45, 7) is 5.61. The first-order chi connectivity index (χ1) is 9.31. The van der Waals surface area contributed by atoms with E-state index in [1.165, 1.54) is 6.39 Å². The Hall–Kier alpha value is -2.18. The fourth-order valence-electron chi connectivity index (χ4n) is 1.62. The van der Waals surface area contributed by atoms with Crippen LogP contribution in [0.25, 0.3) is 0 Å². The van der Waals surface area contributed by atoms with Crippen molar-refractivity contribution in [1.29, 1.82) is 0 Å². The number of nitrogens with one attached hydrogen (secondary N) is 2. The molecule has 0 saturated carbocycles. The average Bonchev–Trinajstić information content (AvgIpc) is 2.92. The molecule has 0 fully saturated rings. The molecule has 0 radical (unpaired) electrons. The Morgan fingerprint density at radius 2 is 1.89 bits per heavy atom. The van der Waals surface area contributed by atoms with Gasteiger partial charge in [-0.05, 0) is 6.92 Å². The lowest BCUT2D eigenvalue weighted by Gasteiger charge is -2.09. The highest BCUT2D eigenvalue weighted by Crippen LogP contribution is 2.11. The second kappa shape index (κ2) is 6.67. The maximum atomic E-state index is 4.68. The summed E-state index contributed by atoms with van der Waals surface area (Å²) in [5.41, 5.74) is 0. The van der Waals surface area contributed by atoms with Gasteiger partial charge in [-0.3, -0.25) is 0 Å². The molecule has 0 amide bonds. The van der Waals surface area contributed by atoms with E-state index in [9.17, 15) is 0 Å². The summed E-state index contributed by atoms with van der Waals surface area (Å²) in [4.78, 5) is 12.8. The third-order valence-corrected chi connectivity index (χ3v) is 2.51. The van der Waals surface area contributed by atoms with Crippen LogP contribution in [-0.4, -0.2) is 33.2 Å². The zero-order chi connectivity index (χ0) is 13.5. The average molecular weight is 262 g/mol. The fourth-order valence-corrected chi connectivity index (χ4v) is 1.62. The minimum Gasteiger partial charge on any atom is -0.370 e. The second-order valence-electron chi connectivity index (χ2n) is 3.96. The molecule has 2 aromatic heterocycles. The summed E-state index contributed by atoms with van der Waals surface area (Å²) >= 11 is 0. The van der Waals surface area contributed by atoms with E-state index < -0.39 is 0 Å². The molecule has 0 aliphatic heterocycles. The monoisotopic (exact) mass is 262 g/mol. The zero-order valence-electron chi connectivity index (χ0n) is 11.2. The molecule has 2 heterocycles. The van der Waals surface area contributed by atoms with Crippen molar-refractivity contribution in [3.05, 3.63) is 24.1 Å². The number of nitrogens with zero attached hydrogens (tertiary/aromatic N) is 4. The summed E-state index contributed by atoms with van der Waals surface area (Å²) in [5, 5.41) is 10.2. The normalized spacial score (nSPS) is 10.4. The third kappa shape index (κ3) is 3.90. The Bertz CT molecular complexity index is 499. The topological polar surface area (TPSA) is 88.8 Å². The maximum Gasteiger partial charge on any atom is 0.213 e. The molecule has 0 aliphatic carbocycles. The van der Waals surface area contributed by atoms with Crippen molar-refractivity contribution >= 4 is 11.6 Å². The molecule has 0 aromatic carbocycles. The summed E-state index contributed by atoms with van der Waals surface area (Å²) in [5.74, 6) is 3.16. The van der Waals surface area contributed by atoms with E-state index in [-0.39, 0.29) is 0 Å². The van der Waals surface area contributed by atoms with Crippen molar-refractivity contribution < 1.29 is 4.52 Å². The van der Waals surface area contributed by atoms with Gasteiger partial charge in [0.15, 0.2) is 5.82 Å². The van der Waals surface area contributed by atoms with Crippen LogP contribution in [0.2, 0.25) is 0 Å². The van der Waals surface area contributed by atoms with Gasteiger partial charge in [0.25, 0.3) is 0 Å². The molecular formula is C12H18N6O. The van der Waals surface area contributed by atoms with E-state index >= 15 is 0 Å². The highest BCUT2D eigenvalue weighted by molar-refractivity contribution is 5.47. The predicted octanol–water partition coefficient (Wildman–Crippen LogP) is 1.51. The molecule has 7 heteroatoms. The molecular weight excluding hydrogens is 244 g/mol. The Morgan fingerprint density at radius 3 is 2.53 bits per heavy atom. The molecule has 2 aromatic rings. The predicted molar refractivity (Wildman–Crippen MR) is 72.1 cm³/mol. The molecule has 0 spiro atoms. The first kappa shape index (κ1) is 13.3. The molecule has 102 valence electrons. The largest absolute Gasteiger partial charge is 0.370 e. The molecule has 0 unspecified atom stereocenters. The van der Waals surface area contributed by atoms with Crippen molar-refractivity contribution in [3.63, 3.8) is 0 Å². The SMILES string of the molecule is CCNc1cc(NCCc2ncon2)nc(CC)n1. The van der Waals surface area contributed by atoms with Gasteiger partial charge in [-0.1, -0.05) is 12.1 Å². The van der Waals surface area contributed by atoms with E-state index in [1.807, 2.05) is 19.9 Å². The van der Waals surface area contributed by atoms with Crippen LogP contribution in [0, 0.1) is 0 Å². The van der Waals surface area contributed by atoms with Crippen LogP contribution in [0.4, 0.5) is 11.6 Å². The van der Waals surface area contributed by atoms with E-state index in [0.717, 1.165) is 30.4 Å². The smallest absolute Gasteiger partial charge is 0.213 e. The molecule has 0 atom stereocenters. The maximum absolute atomic E-state index is 4.68. The van der Waals surface area contributed by atoms with Crippen molar-refractivity contribution in [3.8, 4) is 0 Å². The quantitative estimate of drug-likeness (QED) is 0.781. The lowest BCUT2D eigenvalue weighted by atomic mass is 10.4. The van der Waals surface area contributed by atoms with E-state index in [1.54, 1.807) is 0 Å². The van der Waals surface area contributed by atoms with Crippen LogP contribution in [0.3, 0.4) is 0 Å². The van der Waals surface area contributed by atoms with Crippen LogP contribution < -0.4 is 10.6 Å². The van der Waals surface area contributed by atoms with Crippen molar-refractivity contribution in [1.82, 2.24) is 20.1 Å². The number of aryl methyl sites for hydroxylation is 1. The lowest BCUT2D eigenvalue weighted by molar-refractivity contribution is 0.410. The first-order valence-electron chi connectivity index (χ1n) is 6.42. The van der Waals surface area contributed by atoms with Gasteiger partial charge in [0, 0.05) is 32.0 Å². The van der Waals surface area contributed by atoms with Crippen LogP contribution >= 0.6 is 0 Å². The highest BCUT2D eigenvalue weighted by Gasteiger charge is 2.03. The fraction of sp³-hybridized carbons (Fsp3) is 0.500. The number of hydrogen-bond donors (Lipinski definition) is 2. The van der Waals surface area contributed by atoms with Crippen molar-refractivity contribution in [2.24, 2.45) is 0 Å². The second-order valence-corrected chi connectivity index (χ2v) is 3.96. The van der Waals surface area contributed by atoms with E-state index in [2.05, 4.69) is 35.3 Å². The standard InChI is InChI=1S/C12H18N6O/c1-3-9-16-11(13-4-2)7-12(17-9)14-6-5-10-15-8-19-18-10/h7-8H,3-6H2,1-2H3,(H2,13,14,16,17). The molecule has 2 N–H and O–H groups in total. The molecule has 19 heavy (non-hydrogen) atoms. The molecule has 0 saturated heterocycles. The number of rotatable bonds is 7. The molecule has 7 nitrogen and oxygen atoms in total. The number of aromatic nitrogens is 4. The Morgan fingerprint density at radius 1 is 1.11 bits per heavy atom. The van der Waals surface area contributed by atoms with Gasteiger partial charge in [0.2, 0.25) is 6.39 Å². The van der Waals surface area contributed by atoms with Crippen molar-refractivity contribution in [2.75, 3.05) is 23.7 Å². The number of hydrogen-bond acceptors (Lipinski definition) is 7. The van der Waals surface area contributed by atoms with Crippen LogP contribution in [0.1, 0.15) is 25.5 Å². The van der Waals surface area contributed by atoms with Gasteiger partial charge in [-0.15, -0.1) is 0 Å². The van der Waals surface area contributed by atoms with Gasteiger partial charge < -0.3 is 15.2 Å². The van der Waals surface area contributed by atoms with Gasteiger partial charge in [-0.25, -0.2) is 9.97 Å². The number of anilines is 2. The summed E-state index contributed by atoms with van der Waals surface area (Å²) in [6, 6.07) is 1.90. The third-order valence-electron chi connectivity index (χ3n) is 2.51. The van der Waals surface area contributed by atoms with Gasteiger partial charge in [-0.2, -0.15) is 4.98 Å². The Kier molecular flexibility index (Phi) is 4.66. The molecule has 0 bridgehead atoms. The summed E-state index contributed by atoms with van der Waals surface area (Å²) in [7, 11) is 0. The highest BCUT2D eigenvalue weighted by atomic mass is 16.5. The van der Waals surface area contributed by atoms with Crippen molar-refractivity contribution in [2.45, 2.75) is 26.7 Å². The van der Waals surface area contributed by atoms with Crippen LogP contribution in [0.15, 0.2) is 17.0 Å². The van der Waals surface area contributed by atoms with Gasteiger partial charge in [0.05, 0.1) is 0 Å². The lowest BCUT2D eigenvalue weighted by Crippen LogP contribution is -2.10. The first-order valence-corrected chi connectivity index (χ1v) is 6.42. The van der Waals surface area contributed by atoms with Gasteiger partial charge >= 0.3 is 0 Å². The zero-order valence-corrected chi connectivity index (χ0v) is 11.2. The minimum atomic E-state index is 0.684. The summed E-state index contributed by atoms with van der Waals surface area (Å²) < 4.78 is 4.68. The van der Waals surface area contributed by atoms with E-state index in [4.69, 9.17) is 0 Å². The van der Waals surface area contributed by atoms with Crippen LogP contribution in [0.5, 0.6) is 0 Å². The molecule has 0 aliphatic rings. The Balaban J connectivity index is 1.96.